The molecule has 0 radical (unpaired) electrons. The van der Waals surface area contributed by atoms with Gasteiger partial charge in [0.15, 0.2) is 5.78 Å². The van der Waals surface area contributed by atoms with Gasteiger partial charge in [-0.25, -0.2) is 0 Å². The largest absolute Gasteiger partial charge is 0.337 e. The number of ketones is 1. The number of likely N-dealkylation sites (tertiary alicyclic amines) is 1. The number of aromatic nitrogens is 2. The van der Waals surface area contributed by atoms with E-state index in [2.05, 4.69) is 10.4 Å². The van der Waals surface area contributed by atoms with Gasteiger partial charge in [0.25, 0.3) is 5.91 Å². The number of piperidine rings is 2. The molecule has 0 bridgehead atoms. The lowest BCUT2D eigenvalue weighted by Gasteiger charge is -2.31. The van der Waals surface area contributed by atoms with E-state index in [1.807, 2.05) is 52.2 Å². The van der Waals surface area contributed by atoms with Crippen molar-refractivity contribution in [3.63, 3.8) is 0 Å². The van der Waals surface area contributed by atoms with Crippen molar-refractivity contribution in [3.8, 4) is 0 Å². The Morgan fingerprint density at radius 2 is 1.79 bits per heavy atom. The van der Waals surface area contributed by atoms with Crippen LogP contribution in [0.15, 0.2) is 42.6 Å². The van der Waals surface area contributed by atoms with Crippen LogP contribution < -0.4 is 5.32 Å². The second-order valence-electron chi connectivity index (χ2n) is 7.48. The molecule has 1 aromatic carbocycles. The highest BCUT2D eigenvalue weighted by Crippen LogP contribution is 2.23. The van der Waals surface area contributed by atoms with Crippen molar-refractivity contribution in [1.29, 1.82) is 0 Å². The topological polar surface area (TPSA) is 67.2 Å². The predicted molar refractivity (Wildman–Crippen MR) is 110 cm³/mol. The number of rotatable bonds is 4. The molecular formula is C21H27ClN4O2. The average Bonchev–Trinajstić information content (AvgIpc) is 3.24. The van der Waals surface area contributed by atoms with Gasteiger partial charge in [-0.15, -0.1) is 12.4 Å². The molecule has 1 N–H and O–H groups in total. The molecule has 7 heteroatoms. The summed E-state index contributed by atoms with van der Waals surface area (Å²) in [6.07, 6.45) is 5.57. The number of carbonyl (C=O) groups excluding carboxylic acids is 2. The van der Waals surface area contributed by atoms with Crippen LogP contribution in [0.3, 0.4) is 0 Å². The predicted octanol–water partition coefficient (Wildman–Crippen LogP) is 2.96. The molecule has 2 saturated heterocycles. The van der Waals surface area contributed by atoms with E-state index in [1.54, 1.807) is 0 Å². The summed E-state index contributed by atoms with van der Waals surface area (Å²) in [4.78, 5) is 27.2. The molecule has 1 unspecified atom stereocenters. The molecule has 0 spiro atoms. The zero-order valence-electron chi connectivity index (χ0n) is 15.9. The number of hydrogen-bond donors (Lipinski definition) is 1. The van der Waals surface area contributed by atoms with Gasteiger partial charge in [-0.1, -0.05) is 30.3 Å². The fraction of sp³-hybridized carbons (Fsp3) is 0.476. The van der Waals surface area contributed by atoms with E-state index in [0.29, 0.717) is 37.7 Å². The Kier molecular flexibility index (Phi) is 6.86. The van der Waals surface area contributed by atoms with Crippen LogP contribution in [0.1, 0.15) is 52.6 Å². The van der Waals surface area contributed by atoms with Crippen LogP contribution in [0, 0.1) is 5.92 Å². The summed E-state index contributed by atoms with van der Waals surface area (Å²) >= 11 is 0. The molecule has 2 aromatic rings. The highest BCUT2D eigenvalue weighted by Gasteiger charge is 2.29. The van der Waals surface area contributed by atoms with Gasteiger partial charge in [-0.3, -0.25) is 14.3 Å². The lowest BCUT2D eigenvalue weighted by molar-refractivity contribution is 0.0644. The van der Waals surface area contributed by atoms with E-state index < -0.39 is 0 Å². The minimum absolute atomic E-state index is 0. The number of amides is 1. The molecule has 0 aliphatic carbocycles. The molecule has 2 aliphatic heterocycles. The van der Waals surface area contributed by atoms with Crippen molar-refractivity contribution < 1.29 is 9.59 Å². The van der Waals surface area contributed by atoms with Crippen LogP contribution in [0.5, 0.6) is 0 Å². The molecule has 6 nitrogen and oxygen atoms in total. The molecule has 1 aromatic heterocycles. The quantitative estimate of drug-likeness (QED) is 0.798. The molecule has 28 heavy (non-hydrogen) atoms. The highest BCUT2D eigenvalue weighted by molar-refractivity contribution is 5.98. The van der Waals surface area contributed by atoms with Crippen molar-refractivity contribution in [2.24, 2.45) is 5.92 Å². The van der Waals surface area contributed by atoms with Crippen LogP contribution >= 0.6 is 12.4 Å². The number of nitrogens with one attached hydrogen (secondary N) is 1. The fourth-order valence-electron chi connectivity index (χ4n) is 4.06. The molecule has 1 atom stereocenters. The summed E-state index contributed by atoms with van der Waals surface area (Å²) in [5, 5.41) is 7.91. The van der Waals surface area contributed by atoms with Gasteiger partial charge in [0.05, 0.1) is 6.04 Å². The first-order valence-corrected chi connectivity index (χ1v) is 9.87. The number of Topliss-reactive ketones (excluding diaryl/α,β-unsaturated/α-hetero) is 1. The second-order valence-corrected chi connectivity index (χ2v) is 7.48. The summed E-state index contributed by atoms with van der Waals surface area (Å²) < 4.78 is 1.92. The maximum absolute atomic E-state index is 12.8. The lowest BCUT2D eigenvalue weighted by atomic mass is 9.89. The second kappa shape index (κ2) is 9.34. The Morgan fingerprint density at radius 3 is 2.46 bits per heavy atom. The first-order valence-electron chi connectivity index (χ1n) is 9.87. The van der Waals surface area contributed by atoms with E-state index in [1.165, 1.54) is 0 Å². The van der Waals surface area contributed by atoms with Crippen molar-refractivity contribution in [2.75, 3.05) is 26.2 Å². The number of hydrogen-bond acceptors (Lipinski definition) is 4. The standard InChI is InChI=1S/C21H26N4O2.ClH/c26-20(16-5-2-1-3-6-16)17-8-12-24(13-9-17)21(27)19-10-14-25(23-19)18-7-4-11-22-15-18;/h1-3,5-6,10,14,17-18,22H,4,7-9,11-13,15H2;1H. The van der Waals surface area contributed by atoms with E-state index in [0.717, 1.165) is 31.5 Å². The van der Waals surface area contributed by atoms with Gasteiger partial charge in [-0.2, -0.15) is 5.10 Å². The molecular weight excluding hydrogens is 376 g/mol. The molecule has 0 saturated carbocycles. The van der Waals surface area contributed by atoms with Crippen LogP contribution in [0.25, 0.3) is 0 Å². The number of halogens is 1. The van der Waals surface area contributed by atoms with E-state index in [9.17, 15) is 9.59 Å². The summed E-state index contributed by atoms with van der Waals surface area (Å²) in [5.74, 6) is 0.169. The Bertz CT molecular complexity index is 794. The summed E-state index contributed by atoms with van der Waals surface area (Å²) in [7, 11) is 0. The van der Waals surface area contributed by atoms with Crippen LogP contribution in [0.2, 0.25) is 0 Å². The average molecular weight is 403 g/mol. The van der Waals surface area contributed by atoms with Crippen molar-refractivity contribution >= 4 is 24.1 Å². The zero-order chi connectivity index (χ0) is 18.6. The number of nitrogens with zero attached hydrogens (tertiary/aromatic N) is 3. The van der Waals surface area contributed by atoms with Crippen molar-refractivity contribution in [2.45, 2.75) is 31.7 Å². The molecule has 2 aliphatic rings. The smallest absolute Gasteiger partial charge is 0.274 e. The van der Waals surface area contributed by atoms with Crippen LogP contribution in [0.4, 0.5) is 0 Å². The number of carbonyl (C=O) groups is 2. The maximum atomic E-state index is 12.8. The Morgan fingerprint density at radius 1 is 1.04 bits per heavy atom. The molecule has 4 rings (SSSR count). The lowest BCUT2D eigenvalue weighted by Crippen LogP contribution is -2.40. The first-order chi connectivity index (χ1) is 13.2. The fourth-order valence-corrected chi connectivity index (χ4v) is 4.06. The maximum Gasteiger partial charge on any atom is 0.274 e. The first kappa shape index (κ1) is 20.6. The van der Waals surface area contributed by atoms with E-state index >= 15 is 0 Å². The third-order valence-corrected chi connectivity index (χ3v) is 5.68. The molecule has 3 heterocycles. The summed E-state index contributed by atoms with van der Waals surface area (Å²) in [5.41, 5.74) is 1.27. The zero-order valence-corrected chi connectivity index (χ0v) is 16.7. The van der Waals surface area contributed by atoms with Crippen molar-refractivity contribution in [3.05, 3.63) is 53.9 Å². The molecule has 150 valence electrons. The Balaban J connectivity index is 0.00000225. The van der Waals surface area contributed by atoms with Gasteiger partial charge in [0, 0.05) is 37.3 Å². The van der Waals surface area contributed by atoms with Gasteiger partial charge in [0.2, 0.25) is 0 Å². The van der Waals surface area contributed by atoms with E-state index in [4.69, 9.17) is 0 Å². The third kappa shape index (κ3) is 4.45. The minimum atomic E-state index is -0.0249. The van der Waals surface area contributed by atoms with Crippen LogP contribution in [-0.2, 0) is 0 Å². The van der Waals surface area contributed by atoms with Gasteiger partial charge < -0.3 is 10.2 Å². The monoisotopic (exact) mass is 402 g/mol. The molecule has 1 amide bonds. The van der Waals surface area contributed by atoms with Gasteiger partial charge in [-0.05, 0) is 38.3 Å². The normalized spacial score (nSPS) is 20.4. The van der Waals surface area contributed by atoms with Gasteiger partial charge in [0.1, 0.15) is 5.69 Å². The van der Waals surface area contributed by atoms with E-state index in [-0.39, 0.29) is 30.0 Å². The minimum Gasteiger partial charge on any atom is -0.337 e. The summed E-state index contributed by atoms with van der Waals surface area (Å²) in [6, 6.07) is 11.6. The highest BCUT2D eigenvalue weighted by atomic mass is 35.5. The summed E-state index contributed by atoms with van der Waals surface area (Å²) in [6.45, 7) is 3.18. The van der Waals surface area contributed by atoms with Crippen LogP contribution in [-0.4, -0.2) is 52.5 Å². The molecule has 2 fully saturated rings. The van der Waals surface area contributed by atoms with Crippen molar-refractivity contribution in [1.82, 2.24) is 20.0 Å². The SMILES string of the molecule is Cl.O=C(c1ccccc1)C1CCN(C(=O)c2ccn(C3CCCNC3)n2)CC1. The third-order valence-electron chi connectivity index (χ3n) is 5.68. The Labute approximate surface area is 171 Å². The number of benzene rings is 1. The Hall–Kier alpha value is -2.18. The van der Waals surface area contributed by atoms with Gasteiger partial charge >= 0.3 is 0 Å².